The van der Waals surface area contributed by atoms with Gasteiger partial charge in [0.2, 0.25) is 0 Å². The Labute approximate surface area is 124 Å². The van der Waals surface area contributed by atoms with Crippen molar-refractivity contribution in [1.82, 2.24) is 10.3 Å². The van der Waals surface area contributed by atoms with E-state index in [0.29, 0.717) is 11.4 Å². The highest BCUT2D eigenvalue weighted by Gasteiger charge is 2.15. The fraction of sp³-hybridized carbons (Fsp3) is 0.375. The molecule has 1 unspecified atom stereocenters. The standard InChI is InChI=1S/C16H21N3O2/c1-4-6-13-9-12(10-15(17-3)19-13)16(20)18-11(2)14-7-5-8-21-14/h5,7-11H,4,6H2,1-3H3,(H,17,19)(H,18,20). The smallest absolute Gasteiger partial charge is 0.252 e. The molecule has 0 bridgehead atoms. The normalized spacial score (nSPS) is 12.0. The summed E-state index contributed by atoms with van der Waals surface area (Å²) in [6, 6.07) is 7.08. The Bertz CT molecular complexity index is 594. The molecule has 21 heavy (non-hydrogen) atoms. The molecule has 0 radical (unpaired) electrons. The summed E-state index contributed by atoms with van der Waals surface area (Å²) >= 11 is 0. The van der Waals surface area contributed by atoms with Crippen LogP contribution in [0.1, 0.15) is 48.1 Å². The van der Waals surface area contributed by atoms with Crippen molar-refractivity contribution in [2.75, 3.05) is 12.4 Å². The van der Waals surface area contributed by atoms with Gasteiger partial charge in [0.05, 0.1) is 12.3 Å². The average Bonchev–Trinajstić information content (AvgIpc) is 3.01. The third-order valence-electron chi connectivity index (χ3n) is 3.22. The van der Waals surface area contributed by atoms with Crippen LogP contribution in [0.15, 0.2) is 34.9 Å². The van der Waals surface area contributed by atoms with Crippen molar-refractivity contribution in [3.63, 3.8) is 0 Å². The van der Waals surface area contributed by atoms with Gasteiger partial charge in [-0.1, -0.05) is 13.3 Å². The molecule has 0 saturated heterocycles. The van der Waals surface area contributed by atoms with Gasteiger partial charge in [0.1, 0.15) is 11.6 Å². The van der Waals surface area contributed by atoms with Gasteiger partial charge in [0.25, 0.3) is 5.91 Å². The van der Waals surface area contributed by atoms with Crippen LogP contribution in [0.25, 0.3) is 0 Å². The van der Waals surface area contributed by atoms with Crippen LogP contribution in [-0.4, -0.2) is 17.9 Å². The molecule has 112 valence electrons. The van der Waals surface area contributed by atoms with Crippen molar-refractivity contribution in [2.24, 2.45) is 0 Å². The van der Waals surface area contributed by atoms with Crippen LogP contribution in [0.5, 0.6) is 0 Å². The van der Waals surface area contributed by atoms with E-state index in [9.17, 15) is 4.79 Å². The number of furan rings is 1. The fourth-order valence-corrected chi connectivity index (χ4v) is 2.12. The number of nitrogens with one attached hydrogen (secondary N) is 2. The SMILES string of the molecule is CCCc1cc(C(=O)NC(C)c2ccco2)cc(NC)n1. The molecule has 5 nitrogen and oxygen atoms in total. The van der Waals surface area contributed by atoms with Gasteiger partial charge in [-0.15, -0.1) is 0 Å². The summed E-state index contributed by atoms with van der Waals surface area (Å²) in [5.41, 5.74) is 1.52. The number of amides is 1. The van der Waals surface area contributed by atoms with Gasteiger partial charge in [0.15, 0.2) is 0 Å². The van der Waals surface area contributed by atoms with Gasteiger partial charge in [0, 0.05) is 18.3 Å². The predicted octanol–water partition coefficient (Wildman–Crippen LogP) is 3.16. The number of nitrogens with zero attached hydrogens (tertiary/aromatic N) is 1. The Morgan fingerprint density at radius 2 is 2.24 bits per heavy atom. The van der Waals surface area contributed by atoms with Crippen LogP contribution in [0.4, 0.5) is 5.82 Å². The zero-order chi connectivity index (χ0) is 15.2. The molecule has 0 aliphatic rings. The molecule has 0 aliphatic heterocycles. The highest BCUT2D eigenvalue weighted by atomic mass is 16.3. The van der Waals surface area contributed by atoms with Crippen molar-refractivity contribution < 1.29 is 9.21 Å². The fourth-order valence-electron chi connectivity index (χ4n) is 2.12. The predicted molar refractivity (Wildman–Crippen MR) is 82.4 cm³/mol. The van der Waals surface area contributed by atoms with Gasteiger partial charge in [-0.3, -0.25) is 4.79 Å². The van der Waals surface area contributed by atoms with Gasteiger partial charge in [-0.05, 0) is 37.6 Å². The zero-order valence-electron chi connectivity index (χ0n) is 12.6. The molecule has 0 aliphatic carbocycles. The van der Waals surface area contributed by atoms with Gasteiger partial charge >= 0.3 is 0 Å². The maximum Gasteiger partial charge on any atom is 0.252 e. The summed E-state index contributed by atoms with van der Waals surface area (Å²) in [7, 11) is 1.80. The number of hydrogen-bond acceptors (Lipinski definition) is 4. The summed E-state index contributed by atoms with van der Waals surface area (Å²) in [4.78, 5) is 16.8. The Kier molecular flexibility index (Phi) is 4.98. The molecule has 1 atom stereocenters. The Balaban J connectivity index is 2.16. The van der Waals surface area contributed by atoms with E-state index < -0.39 is 0 Å². The highest BCUT2D eigenvalue weighted by Crippen LogP contribution is 2.16. The molecule has 1 amide bonds. The maximum absolute atomic E-state index is 12.4. The largest absolute Gasteiger partial charge is 0.467 e. The Morgan fingerprint density at radius 1 is 1.43 bits per heavy atom. The summed E-state index contributed by atoms with van der Waals surface area (Å²) in [5.74, 6) is 1.31. The van der Waals surface area contributed by atoms with Crippen LogP contribution in [0, 0.1) is 0 Å². The number of anilines is 1. The van der Waals surface area contributed by atoms with E-state index in [0.717, 1.165) is 24.3 Å². The lowest BCUT2D eigenvalue weighted by Gasteiger charge is -2.13. The number of pyridine rings is 1. The van der Waals surface area contributed by atoms with Crippen LogP contribution in [-0.2, 0) is 6.42 Å². The van der Waals surface area contributed by atoms with Crippen molar-refractivity contribution >= 4 is 11.7 Å². The minimum atomic E-state index is -0.173. The molecule has 0 fully saturated rings. The topological polar surface area (TPSA) is 67.2 Å². The Morgan fingerprint density at radius 3 is 2.86 bits per heavy atom. The minimum absolute atomic E-state index is 0.129. The lowest BCUT2D eigenvalue weighted by atomic mass is 10.1. The second kappa shape index (κ2) is 6.92. The molecular formula is C16H21N3O2. The monoisotopic (exact) mass is 287 g/mol. The summed E-state index contributed by atoms with van der Waals surface area (Å²) in [6.07, 6.45) is 3.44. The van der Waals surface area contributed by atoms with Crippen LogP contribution < -0.4 is 10.6 Å². The molecule has 2 rings (SSSR count). The number of carbonyl (C=O) groups is 1. The third kappa shape index (κ3) is 3.84. The van der Waals surface area contributed by atoms with Crippen molar-refractivity contribution in [3.8, 4) is 0 Å². The first kappa shape index (κ1) is 15.1. The van der Waals surface area contributed by atoms with Gasteiger partial charge in [-0.25, -0.2) is 4.98 Å². The summed E-state index contributed by atoms with van der Waals surface area (Å²) in [5, 5.41) is 5.92. The average molecular weight is 287 g/mol. The lowest BCUT2D eigenvalue weighted by molar-refractivity contribution is 0.0935. The first-order valence-electron chi connectivity index (χ1n) is 7.17. The molecular weight excluding hydrogens is 266 g/mol. The number of aromatic nitrogens is 1. The number of aryl methyl sites for hydroxylation is 1. The van der Waals surface area contributed by atoms with E-state index in [1.54, 1.807) is 19.4 Å². The number of rotatable bonds is 6. The first-order chi connectivity index (χ1) is 10.1. The van der Waals surface area contributed by atoms with Gasteiger partial charge in [-0.2, -0.15) is 0 Å². The van der Waals surface area contributed by atoms with E-state index in [1.165, 1.54) is 0 Å². The van der Waals surface area contributed by atoms with E-state index in [-0.39, 0.29) is 11.9 Å². The molecule has 0 aromatic carbocycles. The first-order valence-corrected chi connectivity index (χ1v) is 7.17. The van der Waals surface area contributed by atoms with E-state index in [2.05, 4.69) is 22.5 Å². The van der Waals surface area contributed by atoms with Crippen molar-refractivity contribution in [1.29, 1.82) is 0 Å². The molecule has 5 heteroatoms. The van der Waals surface area contributed by atoms with Crippen molar-refractivity contribution in [2.45, 2.75) is 32.7 Å². The molecule has 2 N–H and O–H groups in total. The molecule has 0 spiro atoms. The lowest BCUT2D eigenvalue weighted by Crippen LogP contribution is -2.26. The second-order valence-corrected chi connectivity index (χ2v) is 4.94. The highest BCUT2D eigenvalue weighted by molar-refractivity contribution is 5.95. The minimum Gasteiger partial charge on any atom is -0.467 e. The summed E-state index contributed by atoms with van der Waals surface area (Å²) in [6.45, 7) is 3.98. The van der Waals surface area contributed by atoms with Crippen LogP contribution in [0.3, 0.4) is 0 Å². The Hall–Kier alpha value is -2.30. The molecule has 0 saturated carbocycles. The third-order valence-corrected chi connectivity index (χ3v) is 3.22. The maximum atomic E-state index is 12.4. The zero-order valence-corrected chi connectivity index (χ0v) is 12.6. The molecule has 2 aromatic rings. The van der Waals surface area contributed by atoms with Crippen LogP contribution in [0.2, 0.25) is 0 Å². The quantitative estimate of drug-likeness (QED) is 0.856. The van der Waals surface area contributed by atoms with Crippen LogP contribution >= 0.6 is 0 Å². The van der Waals surface area contributed by atoms with Gasteiger partial charge < -0.3 is 15.1 Å². The molecule has 2 aromatic heterocycles. The number of carbonyl (C=O) groups excluding carboxylic acids is 1. The van der Waals surface area contributed by atoms with E-state index >= 15 is 0 Å². The van der Waals surface area contributed by atoms with E-state index in [4.69, 9.17) is 4.42 Å². The summed E-state index contributed by atoms with van der Waals surface area (Å²) < 4.78 is 5.30. The second-order valence-electron chi connectivity index (χ2n) is 4.94. The van der Waals surface area contributed by atoms with E-state index in [1.807, 2.05) is 25.1 Å². The number of hydrogen-bond donors (Lipinski definition) is 2. The van der Waals surface area contributed by atoms with Crippen molar-refractivity contribution in [3.05, 3.63) is 47.5 Å². The molecule has 2 heterocycles.